The quantitative estimate of drug-likeness (QED) is 0.0454. The van der Waals surface area contributed by atoms with E-state index < -0.39 is 23.7 Å². The average Bonchev–Trinajstić information content (AvgIpc) is 3.13. The Kier molecular flexibility index (Phi) is 17.6. The van der Waals surface area contributed by atoms with Crippen LogP contribution < -0.4 is 14.2 Å². The van der Waals surface area contributed by atoms with E-state index in [0.29, 0.717) is 43.3 Å². The van der Waals surface area contributed by atoms with E-state index in [1.54, 1.807) is 43.3 Å². The fraction of sp³-hybridized carbons (Fsp3) is 0.425. The summed E-state index contributed by atoms with van der Waals surface area (Å²) in [4.78, 5) is 35.3. The van der Waals surface area contributed by atoms with Crippen molar-refractivity contribution >= 4 is 17.9 Å². The molecular weight excluding hydrogens is 643 g/mol. The van der Waals surface area contributed by atoms with Gasteiger partial charge in [-0.3, -0.25) is 4.79 Å². The van der Waals surface area contributed by atoms with Gasteiger partial charge in [-0.1, -0.05) is 31.7 Å². The van der Waals surface area contributed by atoms with Crippen molar-refractivity contribution < 1.29 is 47.6 Å². The van der Waals surface area contributed by atoms with Gasteiger partial charge in [0.1, 0.15) is 17.2 Å². The van der Waals surface area contributed by atoms with Gasteiger partial charge in [0.15, 0.2) is 0 Å². The molecule has 1 N–H and O–H groups in total. The fourth-order valence-corrected chi connectivity index (χ4v) is 4.86. The summed E-state index contributed by atoms with van der Waals surface area (Å²) in [6.07, 6.45) is 7.53. The van der Waals surface area contributed by atoms with Crippen LogP contribution in [-0.2, 0) is 25.5 Å². The second kappa shape index (κ2) is 22.1. The lowest BCUT2D eigenvalue weighted by Crippen LogP contribution is -2.18. The van der Waals surface area contributed by atoms with Crippen molar-refractivity contribution in [2.75, 3.05) is 33.0 Å². The number of aliphatic hydroxyl groups excluding tert-OH is 1. The number of carbonyl (C=O) groups is 3. The lowest BCUT2D eigenvalue weighted by Gasteiger charge is -2.13. The Morgan fingerprint density at radius 1 is 0.720 bits per heavy atom. The SMILES string of the molecule is C=C(F)C(=O)OCCCCCCOc1ccc(-c2ccc(OC(=O)c3ccc(OCCCCCCOC(=O)C(C)CO)cc3)cc2)cc1CC. The Morgan fingerprint density at radius 3 is 1.88 bits per heavy atom. The first-order chi connectivity index (χ1) is 24.2. The van der Waals surface area contributed by atoms with Crippen LogP contribution in [0.25, 0.3) is 11.1 Å². The van der Waals surface area contributed by atoms with Gasteiger partial charge in [-0.2, -0.15) is 4.39 Å². The standard InChI is InChI=1S/C40H49FO9/c1-4-31-27-34(17-22-37(31)47-24-10-6-8-12-26-49-39(44)30(3)41)32-13-20-36(21-14-32)50-40(45)33-15-18-35(19-16-33)46-23-9-5-7-11-25-48-38(43)29(2)28-42/h13-22,27,29,42H,3-12,23-26,28H2,1-2H3. The van der Waals surface area contributed by atoms with Crippen LogP contribution in [-0.4, -0.2) is 56.0 Å². The molecule has 3 aromatic rings. The molecule has 0 radical (unpaired) electrons. The maximum absolute atomic E-state index is 12.8. The number of aryl methyl sites for hydroxylation is 1. The molecule has 1 atom stereocenters. The molecular formula is C40H49FO9. The number of rotatable bonds is 23. The number of halogens is 1. The number of unbranched alkanes of at least 4 members (excludes halogenated alkanes) is 6. The van der Waals surface area contributed by atoms with E-state index in [1.807, 2.05) is 24.3 Å². The Labute approximate surface area is 294 Å². The highest BCUT2D eigenvalue weighted by atomic mass is 19.1. The normalized spacial score (nSPS) is 11.4. The number of ether oxygens (including phenoxy) is 5. The number of carbonyl (C=O) groups excluding carboxylic acids is 3. The van der Waals surface area contributed by atoms with Crippen LogP contribution >= 0.6 is 0 Å². The van der Waals surface area contributed by atoms with E-state index in [1.165, 1.54) is 0 Å². The highest BCUT2D eigenvalue weighted by Gasteiger charge is 2.13. The van der Waals surface area contributed by atoms with Crippen molar-refractivity contribution in [1.29, 1.82) is 0 Å². The molecule has 3 aromatic carbocycles. The minimum Gasteiger partial charge on any atom is -0.494 e. The van der Waals surface area contributed by atoms with Gasteiger partial charge in [-0.25, -0.2) is 9.59 Å². The Morgan fingerprint density at radius 2 is 1.28 bits per heavy atom. The lowest BCUT2D eigenvalue weighted by molar-refractivity contribution is -0.149. The van der Waals surface area contributed by atoms with Gasteiger partial charge < -0.3 is 28.8 Å². The molecule has 9 nitrogen and oxygen atoms in total. The van der Waals surface area contributed by atoms with Crippen molar-refractivity contribution in [3.05, 3.63) is 90.3 Å². The number of hydrogen-bond acceptors (Lipinski definition) is 9. The van der Waals surface area contributed by atoms with Gasteiger partial charge in [0.25, 0.3) is 0 Å². The number of hydrogen-bond donors (Lipinski definition) is 1. The Balaban J connectivity index is 1.36. The second-order valence-corrected chi connectivity index (χ2v) is 11.9. The molecule has 0 fully saturated rings. The monoisotopic (exact) mass is 692 g/mol. The molecule has 270 valence electrons. The van der Waals surface area contributed by atoms with E-state index >= 15 is 0 Å². The molecule has 0 saturated carbocycles. The summed E-state index contributed by atoms with van der Waals surface area (Å²) in [5, 5.41) is 8.96. The van der Waals surface area contributed by atoms with Crippen molar-refractivity contribution in [1.82, 2.24) is 0 Å². The summed E-state index contributed by atoms with van der Waals surface area (Å²) in [6.45, 7) is 8.06. The van der Waals surface area contributed by atoms with Crippen LogP contribution in [0.2, 0.25) is 0 Å². The van der Waals surface area contributed by atoms with E-state index in [2.05, 4.69) is 19.6 Å². The third-order valence-corrected chi connectivity index (χ3v) is 7.91. The minimum absolute atomic E-state index is 0.179. The van der Waals surface area contributed by atoms with Gasteiger partial charge >= 0.3 is 17.9 Å². The molecule has 50 heavy (non-hydrogen) atoms. The molecule has 0 heterocycles. The van der Waals surface area contributed by atoms with Gasteiger partial charge in [0.2, 0.25) is 5.83 Å². The topological polar surface area (TPSA) is 118 Å². The highest BCUT2D eigenvalue weighted by Crippen LogP contribution is 2.29. The van der Waals surface area contributed by atoms with Gasteiger partial charge in [-0.15, -0.1) is 0 Å². The van der Waals surface area contributed by atoms with Gasteiger partial charge in [0.05, 0.1) is 44.5 Å². The number of aliphatic hydroxyl groups is 1. The minimum atomic E-state index is -1.08. The van der Waals surface area contributed by atoms with Crippen molar-refractivity contribution in [3.63, 3.8) is 0 Å². The van der Waals surface area contributed by atoms with E-state index in [9.17, 15) is 18.8 Å². The zero-order valence-electron chi connectivity index (χ0n) is 29.1. The highest BCUT2D eigenvalue weighted by molar-refractivity contribution is 5.91. The van der Waals surface area contributed by atoms with Crippen LogP contribution in [0.4, 0.5) is 4.39 Å². The largest absolute Gasteiger partial charge is 0.494 e. The van der Waals surface area contributed by atoms with Crippen LogP contribution in [0.1, 0.15) is 81.1 Å². The molecule has 0 aliphatic carbocycles. The first kappa shape index (κ1) is 39.7. The van der Waals surface area contributed by atoms with Crippen molar-refractivity contribution in [3.8, 4) is 28.4 Å². The van der Waals surface area contributed by atoms with E-state index in [0.717, 1.165) is 73.8 Å². The van der Waals surface area contributed by atoms with Crippen molar-refractivity contribution in [2.24, 2.45) is 5.92 Å². The molecule has 1 unspecified atom stereocenters. The summed E-state index contributed by atoms with van der Waals surface area (Å²) in [5.41, 5.74) is 3.53. The second-order valence-electron chi connectivity index (χ2n) is 11.9. The molecule has 0 aliphatic heterocycles. The fourth-order valence-electron chi connectivity index (χ4n) is 4.86. The third kappa shape index (κ3) is 14.0. The first-order valence-electron chi connectivity index (χ1n) is 17.3. The maximum atomic E-state index is 12.8. The molecule has 10 heteroatoms. The smallest absolute Gasteiger partial charge is 0.366 e. The van der Waals surface area contributed by atoms with Crippen LogP contribution in [0.3, 0.4) is 0 Å². The Bertz CT molecular complexity index is 1500. The van der Waals surface area contributed by atoms with Crippen LogP contribution in [0.5, 0.6) is 17.2 Å². The summed E-state index contributed by atoms with van der Waals surface area (Å²) in [7, 11) is 0. The third-order valence-electron chi connectivity index (χ3n) is 7.91. The predicted octanol–water partition coefficient (Wildman–Crippen LogP) is 8.21. The van der Waals surface area contributed by atoms with Crippen molar-refractivity contribution in [2.45, 2.75) is 71.6 Å². The Hall–Kier alpha value is -4.70. The molecule has 0 spiro atoms. The van der Waals surface area contributed by atoms with Gasteiger partial charge in [0, 0.05) is 0 Å². The molecule has 0 saturated heterocycles. The number of esters is 3. The predicted molar refractivity (Wildman–Crippen MR) is 189 cm³/mol. The summed E-state index contributed by atoms with van der Waals surface area (Å²) < 4.78 is 39.9. The average molecular weight is 693 g/mol. The summed E-state index contributed by atoms with van der Waals surface area (Å²) in [5.74, 6) is -1.44. The molecule has 3 rings (SSSR count). The number of benzene rings is 3. The summed E-state index contributed by atoms with van der Waals surface area (Å²) >= 11 is 0. The van der Waals surface area contributed by atoms with E-state index in [4.69, 9.17) is 28.8 Å². The first-order valence-corrected chi connectivity index (χ1v) is 17.3. The van der Waals surface area contributed by atoms with Gasteiger partial charge in [-0.05, 0) is 130 Å². The maximum Gasteiger partial charge on any atom is 0.366 e. The van der Waals surface area contributed by atoms with Crippen LogP contribution in [0, 0.1) is 5.92 Å². The molecule has 0 bridgehead atoms. The zero-order chi connectivity index (χ0) is 36.1. The molecule has 0 amide bonds. The molecule has 0 aliphatic rings. The van der Waals surface area contributed by atoms with Crippen LogP contribution in [0.15, 0.2) is 79.1 Å². The van der Waals surface area contributed by atoms with E-state index in [-0.39, 0.29) is 19.2 Å². The zero-order valence-corrected chi connectivity index (χ0v) is 29.1. The summed E-state index contributed by atoms with van der Waals surface area (Å²) in [6, 6.07) is 20.3. The molecule has 0 aromatic heterocycles. The lowest BCUT2D eigenvalue weighted by atomic mass is 10.0.